The molecule has 2 amide bonds. The lowest BCUT2D eigenvalue weighted by molar-refractivity contribution is -0.139. The van der Waals surface area contributed by atoms with Gasteiger partial charge in [-0.1, -0.05) is 46.8 Å². The van der Waals surface area contributed by atoms with Crippen molar-refractivity contribution < 1.29 is 14.3 Å². The van der Waals surface area contributed by atoms with Gasteiger partial charge in [0.15, 0.2) is 4.34 Å². The first kappa shape index (κ1) is 19.7. The molecular weight excluding hydrogens is 408 g/mol. The fourth-order valence-corrected chi connectivity index (χ4v) is 4.47. The van der Waals surface area contributed by atoms with Gasteiger partial charge in [-0.3, -0.25) is 0 Å². The van der Waals surface area contributed by atoms with Crippen LogP contribution >= 0.6 is 34.7 Å². The van der Waals surface area contributed by atoms with E-state index in [0.29, 0.717) is 22.0 Å². The summed E-state index contributed by atoms with van der Waals surface area (Å²) in [6, 6.07) is 5.97. The van der Waals surface area contributed by atoms with E-state index in [4.69, 9.17) is 16.3 Å². The first-order valence-electron chi connectivity index (χ1n) is 8.14. The van der Waals surface area contributed by atoms with Crippen LogP contribution in [-0.4, -0.2) is 34.6 Å². The minimum Gasteiger partial charge on any atom is -0.463 e. The van der Waals surface area contributed by atoms with E-state index in [9.17, 15) is 9.59 Å². The molecule has 2 N–H and O–H groups in total. The van der Waals surface area contributed by atoms with Crippen LogP contribution in [0.3, 0.4) is 0 Å². The van der Waals surface area contributed by atoms with Crippen LogP contribution in [0.2, 0.25) is 5.02 Å². The topological polar surface area (TPSA) is 93.2 Å². The van der Waals surface area contributed by atoms with E-state index in [1.807, 2.05) is 6.92 Å². The van der Waals surface area contributed by atoms with E-state index in [0.717, 1.165) is 14.9 Å². The van der Waals surface area contributed by atoms with Gasteiger partial charge in [-0.05, 0) is 31.5 Å². The third-order valence-electron chi connectivity index (χ3n) is 3.70. The number of esters is 1. The van der Waals surface area contributed by atoms with Crippen LogP contribution in [0.5, 0.6) is 0 Å². The third kappa shape index (κ3) is 4.79. The molecule has 1 aromatic carbocycles. The van der Waals surface area contributed by atoms with Gasteiger partial charge in [0.25, 0.3) is 0 Å². The number of ether oxygens (including phenoxy) is 1. The standard InChI is InChI=1S/C17H17ClN4O3S2/c1-3-25-15(23)13-12(8-26-17-22-21-9(2)27-17)19-16(24)20-14(13)10-4-6-11(18)7-5-10/h4-7,14H,3,8H2,1-2H3,(H2,19,20,24)/t14-/m0/s1. The minimum absolute atomic E-state index is 0.236. The van der Waals surface area contributed by atoms with Crippen molar-refractivity contribution in [1.82, 2.24) is 20.8 Å². The Hall–Kier alpha value is -2.10. The second-order valence-corrected chi connectivity index (χ2v) is 8.41. The Morgan fingerprint density at radius 2 is 2.07 bits per heavy atom. The lowest BCUT2D eigenvalue weighted by Crippen LogP contribution is -2.46. The van der Waals surface area contributed by atoms with E-state index in [2.05, 4.69) is 20.8 Å². The Labute approximate surface area is 169 Å². The molecule has 3 rings (SSSR count). The number of halogens is 1. The molecule has 0 aliphatic carbocycles. The van der Waals surface area contributed by atoms with E-state index < -0.39 is 12.0 Å². The maximum absolute atomic E-state index is 12.6. The molecule has 0 unspecified atom stereocenters. The van der Waals surface area contributed by atoms with Crippen LogP contribution in [0.1, 0.15) is 23.5 Å². The Balaban J connectivity index is 1.96. The average molecular weight is 425 g/mol. The largest absolute Gasteiger partial charge is 0.463 e. The number of aromatic nitrogens is 2. The summed E-state index contributed by atoms with van der Waals surface area (Å²) in [5, 5.41) is 15.0. The predicted octanol–water partition coefficient (Wildman–Crippen LogP) is 3.46. The summed E-state index contributed by atoms with van der Waals surface area (Å²) in [6.45, 7) is 3.84. The maximum atomic E-state index is 12.6. The molecule has 0 radical (unpaired) electrons. The van der Waals surface area contributed by atoms with Crippen molar-refractivity contribution in [2.75, 3.05) is 12.4 Å². The van der Waals surface area contributed by atoms with Crippen molar-refractivity contribution in [2.24, 2.45) is 0 Å². The van der Waals surface area contributed by atoms with E-state index in [1.165, 1.54) is 23.1 Å². The smallest absolute Gasteiger partial charge is 0.338 e. The molecule has 0 fully saturated rings. The highest BCUT2D eigenvalue weighted by Crippen LogP contribution is 2.31. The molecule has 1 aromatic heterocycles. The maximum Gasteiger partial charge on any atom is 0.338 e. The van der Waals surface area contributed by atoms with Crippen molar-refractivity contribution in [2.45, 2.75) is 24.2 Å². The molecule has 2 aromatic rings. The number of nitrogens with zero attached hydrogens (tertiary/aromatic N) is 2. The summed E-state index contributed by atoms with van der Waals surface area (Å²) in [6.07, 6.45) is 0. The number of hydrogen-bond acceptors (Lipinski definition) is 7. The number of aryl methyl sites for hydroxylation is 1. The van der Waals surface area contributed by atoms with Gasteiger partial charge in [0.05, 0.1) is 18.2 Å². The van der Waals surface area contributed by atoms with Gasteiger partial charge in [0.1, 0.15) is 5.01 Å². The van der Waals surface area contributed by atoms with Gasteiger partial charge in [0.2, 0.25) is 0 Å². The molecule has 0 saturated heterocycles. The zero-order chi connectivity index (χ0) is 19.4. The Kier molecular flexibility index (Phi) is 6.35. The number of carbonyl (C=O) groups excluding carboxylic acids is 2. The molecule has 0 bridgehead atoms. The Morgan fingerprint density at radius 3 is 2.70 bits per heavy atom. The van der Waals surface area contributed by atoms with Crippen molar-refractivity contribution in [3.05, 3.63) is 51.1 Å². The van der Waals surface area contributed by atoms with Crippen LogP contribution in [0.15, 0.2) is 39.9 Å². The monoisotopic (exact) mass is 424 g/mol. The lowest BCUT2D eigenvalue weighted by atomic mass is 9.95. The molecule has 10 heteroatoms. The number of hydrogen-bond donors (Lipinski definition) is 2. The zero-order valence-corrected chi connectivity index (χ0v) is 17.0. The average Bonchev–Trinajstić information content (AvgIpc) is 3.05. The molecule has 1 aliphatic rings. The normalized spacial score (nSPS) is 16.7. The second kappa shape index (κ2) is 8.73. The zero-order valence-electron chi connectivity index (χ0n) is 14.6. The number of carbonyl (C=O) groups is 2. The van der Waals surface area contributed by atoms with Gasteiger partial charge in [0, 0.05) is 16.5 Å². The van der Waals surface area contributed by atoms with Gasteiger partial charge in [-0.2, -0.15) is 0 Å². The Morgan fingerprint density at radius 1 is 1.33 bits per heavy atom. The highest BCUT2D eigenvalue weighted by atomic mass is 35.5. The summed E-state index contributed by atoms with van der Waals surface area (Å²) >= 11 is 8.82. The lowest BCUT2D eigenvalue weighted by Gasteiger charge is -2.29. The molecule has 1 aliphatic heterocycles. The molecule has 7 nitrogen and oxygen atoms in total. The molecule has 0 saturated carbocycles. The first-order valence-corrected chi connectivity index (χ1v) is 10.3. The number of nitrogens with one attached hydrogen (secondary N) is 2. The number of rotatable bonds is 6. The summed E-state index contributed by atoms with van der Waals surface area (Å²) in [4.78, 5) is 24.8. The number of benzene rings is 1. The summed E-state index contributed by atoms with van der Waals surface area (Å²) < 4.78 is 5.99. The fraction of sp³-hybridized carbons (Fsp3) is 0.294. The summed E-state index contributed by atoms with van der Waals surface area (Å²) in [7, 11) is 0. The molecule has 1 atom stereocenters. The van der Waals surface area contributed by atoms with Crippen LogP contribution in [0.4, 0.5) is 4.79 Å². The molecular formula is C17H17ClN4O3S2. The number of amides is 2. The Bertz CT molecular complexity index is 883. The molecule has 27 heavy (non-hydrogen) atoms. The predicted molar refractivity (Wildman–Crippen MR) is 105 cm³/mol. The number of urea groups is 1. The van der Waals surface area contributed by atoms with Crippen LogP contribution in [0, 0.1) is 6.92 Å². The molecule has 0 spiro atoms. The minimum atomic E-state index is -0.623. The van der Waals surface area contributed by atoms with Crippen LogP contribution in [0.25, 0.3) is 0 Å². The van der Waals surface area contributed by atoms with E-state index >= 15 is 0 Å². The van der Waals surface area contributed by atoms with Gasteiger partial charge >= 0.3 is 12.0 Å². The highest BCUT2D eigenvalue weighted by Gasteiger charge is 2.33. The van der Waals surface area contributed by atoms with Crippen molar-refractivity contribution >= 4 is 46.7 Å². The highest BCUT2D eigenvalue weighted by molar-refractivity contribution is 8.01. The summed E-state index contributed by atoms with van der Waals surface area (Å²) in [5.41, 5.74) is 1.61. The van der Waals surface area contributed by atoms with Gasteiger partial charge < -0.3 is 15.4 Å². The van der Waals surface area contributed by atoms with Crippen LogP contribution < -0.4 is 10.6 Å². The van der Waals surface area contributed by atoms with Crippen molar-refractivity contribution in [3.63, 3.8) is 0 Å². The third-order valence-corrected chi connectivity index (χ3v) is 5.95. The first-order chi connectivity index (χ1) is 13.0. The van der Waals surface area contributed by atoms with E-state index in [-0.39, 0.29) is 12.6 Å². The fourth-order valence-electron chi connectivity index (χ4n) is 2.56. The summed E-state index contributed by atoms with van der Waals surface area (Å²) in [5.74, 6) is -0.116. The SMILES string of the molecule is CCOC(=O)C1=C(CSc2nnc(C)s2)NC(=O)N[C@H]1c1ccc(Cl)cc1. The van der Waals surface area contributed by atoms with Crippen molar-refractivity contribution in [1.29, 1.82) is 0 Å². The van der Waals surface area contributed by atoms with Gasteiger partial charge in [-0.15, -0.1) is 10.2 Å². The second-order valence-electron chi connectivity index (χ2n) is 5.57. The van der Waals surface area contributed by atoms with Crippen molar-refractivity contribution in [3.8, 4) is 0 Å². The number of thioether (sulfide) groups is 1. The van der Waals surface area contributed by atoms with E-state index in [1.54, 1.807) is 31.2 Å². The quantitative estimate of drug-likeness (QED) is 0.544. The molecule has 2 heterocycles. The van der Waals surface area contributed by atoms with Crippen LogP contribution in [-0.2, 0) is 9.53 Å². The molecule has 142 valence electrons. The van der Waals surface area contributed by atoms with Gasteiger partial charge in [-0.25, -0.2) is 9.59 Å².